The lowest BCUT2D eigenvalue weighted by Crippen LogP contribution is -2.30. The summed E-state index contributed by atoms with van der Waals surface area (Å²) in [6.07, 6.45) is 6.67. The molecule has 0 spiro atoms. The molecule has 0 radical (unpaired) electrons. The number of rotatable bonds is 3. The third-order valence-corrected chi connectivity index (χ3v) is 4.50. The van der Waals surface area contributed by atoms with E-state index in [1.165, 1.54) is 24.8 Å². The number of hydrogen-bond donors (Lipinski definition) is 1. The van der Waals surface area contributed by atoms with Gasteiger partial charge in [-0.15, -0.1) is 0 Å². The van der Waals surface area contributed by atoms with Crippen molar-refractivity contribution >= 4 is 11.8 Å². The van der Waals surface area contributed by atoms with Gasteiger partial charge in [-0.05, 0) is 31.7 Å². The van der Waals surface area contributed by atoms with Gasteiger partial charge in [0.1, 0.15) is 5.82 Å². The highest BCUT2D eigenvalue weighted by Crippen LogP contribution is 2.35. The standard InChI is InChI=1S/C12H17FN2S/c1-14-12(11-4-2-3-7-16-11)9-5-6-15-8-10(9)13/h5-6,8,11-12,14H,2-4,7H2,1H3. The first kappa shape index (κ1) is 11.9. The van der Waals surface area contributed by atoms with Crippen LogP contribution in [0.25, 0.3) is 0 Å². The van der Waals surface area contributed by atoms with Crippen LogP contribution in [0.15, 0.2) is 18.5 Å². The number of halogens is 1. The predicted molar refractivity (Wildman–Crippen MR) is 66.1 cm³/mol. The number of nitrogens with one attached hydrogen (secondary N) is 1. The Morgan fingerprint density at radius 2 is 2.44 bits per heavy atom. The molecular weight excluding hydrogens is 223 g/mol. The van der Waals surface area contributed by atoms with Crippen LogP contribution in [0.3, 0.4) is 0 Å². The van der Waals surface area contributed by atoms with Crippen LogP contribution in [0, 0.1) is 5.82 Å². The molecule has 0 aromatic carbocycles. The predicted octanol–water partition coefficient (Wildman–Crippen LogP) is 2.77. The summed E-state index contributed by atoms with van der Waals surface area (Å²) in [7, 11) is 1.90. The molecule has 2 unspecified atom stereocenters. The molecule has 0 bridgehead atoms. The Morgan fingerprint density at radius 3 is 3.06 bits per heavy atom. The van der Waals surface area contributed by atoms with Gasteiger partial charge in [-0.1, -0.05) is 6.42 Å². The highest BCUT2D eigenvalue weighted by molar-refractivity contribution is 8.00. The highest BCUT2D eigenvalue weighted by atomic mass is 32.2. The first-order valence-corrected chi connectivity index (χ1v) is 6.76. The summed E-state index contributed by atoms with van der Waals surface area (Å²) in [4.78, 5) is 3.80. The molecule has 1 saturated heterocycles. The Labute approximate surface area is 100 Å². The van der Waals surface area contributed by atoms with Gasteiger partial charge in [0.05, 0.1) is 6.20 Å². The molecule has 2 rings (SSSR count). The summed E-state index contributed by atoms with van der Waals surface area (Å²) in [5.74, 6) is 0.989. The van der Waals surface area contributed by atoms with Crippen molar-refractivity contribution in [1.82, 2.24) is 10.3 Å². The summed E-state index contributed by atoms with van der Waals surface area (Å²) in [5, 5.41) is 3.72. The third kappa shape index (κ3) is 2.55. The lowest BCUT2D eigenvalue weighted by molar-refractivity contribution is 0.487. The molecule has 1 aliphatic rings. The summed E-state index contributed by atoms with van der Waals surface area (Å²) in [5.41, 5.74) is 0.747. The van der Waals surface area contributed by atoms with Crippen molar-refractivity contribution in [3.05, 3.63) is 29.8 Å². The van der Waals surface area contributed by atoms with E-state index in [1.54, 1.807) is 12.3 Å². The van der Waals surface area contributed by atoms with Crippen molar-refractivity contribution in [2.75, 3.05) is 12.8 Å². The van der Waals surface area contributed by atoms with Gasteiger partial charge in [0, 0.05) is 23.1 Å². The van der Waals surface area contributed by atoms with Gasteiger partial charge in [-0.25, -0.2) is 4.39 Å². The van der Waals surface area contributed by atoms with Gasteiger partial charge in [-0.2, -0.15) is 11.8 Å². The van der Waals surface area contributed by atoms with Crippen molar-refractivity contribution in [3.63, 3.8) is 0 Å². The first-order valence-electron chi connectivity index (χ1n) is 5.71. The van der Waals surface area contributed by atoms with Crippen molar-refractivity contribution < 1.29 is 4.39 Å². The minimum atomic E-state index is -0.201. The average Bonchev–Trinajstić information content (AvgIpc) is 2.34. The normalized spacial score (nSPS) is 23.0. The van der Waals surface area contributed by atoms with Gasteiger partial charge in [0.15, 0.2) is 0 Å². The monoisotopic (exact) mass is 240 g/mol. The number of hydrogen-bond acceptors (Lipinski definition) is 3. The van der Waals surface area contributed by atoms with Crippen molar-refractivity contribution in [2.45, 2.75) is 30.6 Å². The molecule has 1 fully saturated rings. The number of aromatic nitrogens is 1. The number of nitrogens with zero attached hydrogens (tertiary/aromatic N) is 1. The van der Waals surface area contributed by atoms with Gasteiger partial charge >= 0.3 is 0 Å². The lowest BCUT2D eigenvalue weighted by Gasteiger charge is -2.30. The zero-order valence-electron chi connectivity index (χ0n) is 9.45. The summed E-state index contributed by atoms with van der Waals surface area (Å²) in [6, 6.07) is 1.89. The maximum absolute atomic E-state index is 13.7. The zero-order valence-corrected chi connectivity index (χ0v) is 10.3. The van der Waals surface area contributed by atoms with Crippen LogP contribution in [0.5, 0.6) is 0 Å². The molecule has 88 valence electrons. The Kier molecular flexibility index (Phi) is 4.18. The first-order chi connectivity index (χ1) is 7.83. The quantitative estimate of drug-likeness (QED) is 0.879. The molecule has 1 N–H and O–H groups in total. The molecule has 4 heteroatoms. The van der Waals surface area contributed by atoms with E-state index in [2.05, 4.69) is 10.3 Å². The van der Waals surface area contributed by atoms with E-state index in [0.717, 1.165) is 12.0 Å². The number of pyridine rings is 1. The van der Waals surface area contributed by atoms with E-state index in [-0.39, 0.29) is 11.9 Å². The topological polar surface area (TPSA) is 24.9 Å². The lowest BCUT2D eigenvalue weighted by atomic mass is 10.0. The van der Waals surface area contributed by atoms with Crippen molar-refractivity contribution in [2.24, 2.45) is 0 Å². The van der Waals surface area contributed by atoms with Crippen LogP contribution in [-0.4, -0.2) is 23.0 Å². The Bertz CT molecular complexity index is 340. The molecule has 1 aromatic rings. The van der Waals surface area contributed by atoms with E-state index < -0.39 is 0 Å². The van der Waals surface area contributed by atoms with E-state index in [4.69, 9.17) is 0 Å². The van der Waals surface area contributed by atoms with E-state index >= 15 is 0 Å². The van der Waals surface area contributed by atoms with E-state index in [9.17, 15) is 4.39 Å². The number of thioether (sulfide) groups is 1. The molecule has 1 aliphatic heterocycles. The van der Waals surface area contributed by atoms with Crippen LogP contribution in [0.4, 0.5) is 4.39 Å². The Balaban J connectivity index is 2.18. The third-order valence-electron chi connectivity index (χ3n) is 3.04. The maximum atomic E-state index is 13.7. The van der Waals surface area contributed by atoms with Gasteiger partial charge in [-0.3, -0.25) is 4.98 Å². The highest BCUT2D eigenvalue weighted by Gasteiger charge is 2.26. The summed E-state index contributed by atoms with van der Waals surface area (Å²) < 4.78 is 13.7. The van der Waals surface area contributed by atoms with Crippen LogP contribution in [0.1, 0.15) is 30.9 Å². The largest absolute Gasteiger partial charge is 0.312 e. The molecule has 0 amide bonds. The fourth-order valence-electron chi connectivity index (χ4n) is 2.21. The van der Waals surface area contributed by atoms with Crippen LogP contribution >= 0.6 is 11.8 Å². The minimum Gasteiger partial charge on any atom is -0.312 e. The second-order valence-electron chi connectivity index (χ2n) is 4.07. The Morgan fingerprint density at radius 1 is 1.56 bits per heavy atom. The van der Waals surface area contributed by atoms with Gasteiger partial charge in [0.2, 0.25) is 0 Å². The van der Waals surface area contributed by atoms with E-state index in [1.807, 2.05) is 18.8 Å². The molecular formula is C12H17FN2S. The molecule has 2 heterocycles. The zero-order chi connectivity index (χ0) is 11.4. The Hall–Kier alpha value is -0.610. The fourth-order valence-corrected chi connectivity index (χ4v) is 3.69. The van der Waals surface area contributed by atoms with Crippen molar-refractivity contribution in [3.8, 4) is 0 Å². The SMILES string of the molecule is CNC(c1ccncc1F)C1CCCCS1. The second kappa shape index (κ2) is 5.64. The molecule has 2 atom stereocenters. The van der Waals surface area contributed by atoms with E-state index in [0.29, 0.717) is 5.25 Å². The average molecular weight is 240 g/mol. The van der Waals surface area contributed by atoms with Crippen molar-refractivity contribution in [1.29, 1.82) is 0 Å². The molecule has 0 saturated carbocycles. The second-order valence-corrected chi connectivity index (χ2v) is 5.42. The molecule has 1 aromatic heterocycles. The molecule has 0 aliphatic carbocycles. The smallest absolute Gasteiger partial charge is 0.146 e. The molecule has 16 heavy (non-hydrogen) atoms. The van der Waals surface area contributed by atoms with Gasteiger partial charge in [0.25, 0.3) is 0 Å². The van der Waals surface area contributed by atoms with Crippen LogP contribution in [0.2, 0.25) is 0 Å². The minimum absolute atomic E-state index is 0.105. The molecule has 2 nitrogen and oxygen atoms in total. The van der Waals surface area contributed by atoms with Crippen LogP contribution in [-0.2, 0) is 0 Å². The summed E-state index contributed by atoms with van der Waals surface area (Å²) >= 11 is 1.95. The van der Waals surface area contributed by atoms with Gasteiger partial charge < -0.3 is 5.32 Å². The maximum Gasteiger partial charge on any atom is 0.146 e. The summed E-state index contributed by atoms with van der Waals surface area (Å²) in [6.45, 7) is 0. The van der Waals surface area contributed by atoms with Crippen LogP contribution < -0.4 is 5.32 Å². The fraction of sp³-hybridized carbons (Fsp3) is 0.583.